The van der Waals surface area contributed by atoms with Crippen LogP contribution < -0.4 is 4.74 Å². The molecule has 2 aromatic heterocycles. The Morgan fingerprint density at radius 3 is 2.76 bits per heavy atom. The minimum absolute atomic E-state index is 0.745. The van der Waals surface area contributed by atoms with Crippen LogP contribution >= 0.6 is 0 Å². The summed E-state index contributed by atoms with van der Waals surface area (Å²) in [4.78, 5) is 6.76. The molecule has 5 heteroatoms. The van der Waals surface area contributed by atoms with E-state index in [0.29, 0.717) is 0 Å². The third kappa shape index (κ3) is 3.82. The van der Waals surface area contributed by atoms with Crippen LogP contribution in [0.15, 0.2) is 30.9 Å². The molecule has 0 spiro atoms. The molecule has 1 aliphatic heterocycles. The highest BCUT2D eigenvalue weighted by Gasteiger charge is 2.10. The van der Waals surface area contributed by atoms with Gasteiger partial charge in [-0.2, -0.15) is 5.10 Å². The molecule has 112 valence electrons. The summed E-state index contributed by atoms with van der Waals surface area (Å²) in [6.07, 6.45) is 11.2. The van der Waals surface area contributed by atoms with Gasteiger partial charge >= 0.3 is 0 Å². The van der Waals surface area contributed by atoms with Crippen LogP contribution in [0.1, 0.15) is 19.3 Å². The van der Waals surface area contributed by atoms with E-state index < -0.39 is 0 Å². The summed E-state index contributed by atoms with van der Waals surface area (Å²) >= 11 is 0. The lowest BCUT2D eigenvalue weighted by atomic mass is 10.2. The van der Waals surface area contributed by atoms with Crippen molar-refractivity contribution in [3.05, 3.63) is 30.9 Å². The van der Waals surface area contributed by atoms with E-state index in [1.807, 2.05) is 31.7 Å². The standard InChI is InChI=1S/C16H22N4O/c1-19-13-15(11-18-19)14-9-16(12-17-10-14)21-8-4-7-20-5-2-3-6-20/h9-13H,2-8H2,1H3. The summed E-state index contributed by atoms with van der Waals surface area (Å²) in [5, 5.41) is 4.18. The summed E-state index contributed by atoms with van der Waals surface area (Å²) in [6, 6.07) is 2.03. The number of aryl methyl sites for hydroxylation is 1. The average molecular weight is 286 g/mol. The molecular weight excluding hydrogens is 264 g/mol. The molecule has 21 heavy (non-hydrogen) atoms. The first-order valence-corrected chi connectivity index (χ1v) is 7.60. The zero-order valence-corrected chi connectivity index (χ0v) is 12.5. The molecule has 1 fully saturated rings. The Hall–Kier alpha value is -1.88. The van der Waals surface area contributed by atoms with E-state index in [0.717, 1.165) is 36.4 Å². The van der Waals surface area contributed by atoms with Gasteiger partial charge in [-0.3, -0.25) is 9.67 Å². The quantitative estimate of drug-likeness (QED) is 0.765. The lowest BCUT2D eigenvalue weighted by Gasteiger charge is -2.14. The first-order chi connectivity index (χ1) is 10.3. The minimum Gasteiger partial charge on any atom is -0.492 e. The largest absolute Gasteiger partial charge is 0.492 e. The fourth-order valence-electron chi connectivity index (χ4n) is 2.71. The normalized spacial score (nSPS) is 15.5. The van der Waals surface area contributed by atoms with Gasteiger partial charge in [0.05, 0.1) is 19.0 Å². The van der Waals surface area contributed by atoms with Crippen molar-refractivity contribution in [2.24, 2.45) is 7.05 Å². The van der Waals surface area contributed by atoms with Crippen molar-refractivity contribution >= 4 is 0 Å². The van der Waals surface area contributed by atoms with E-state index in [1.165, 1.54) is 25.9 Å². The van der Waals surface area contributed by atoms with Crippen molar-refractivity contribution in [2.45, 2.75) is 19.3 Å². The zero-order valence-electron chi connectivity index (χ0n) is 12.5. The van der Waals surface area contributed by atoms with Crippen LogP contribution in [-0.4, -0.2) is 45.9 Å². The molecule has 1 aliphatic rings. The van der Waals surface area contributed by atoms with Crippen LogP contribution in [0.25, 0.3) is 11.1 Å². The van der Waals surface area contributed by atoms with Crippen LogP contribution in [0.4, 0.5) is 0 Å². The van der Waals surface area contributed by atoms with Gasteiger partial charge in [0.1, 0.15) is 5.75 Å². The molecular formula is C16H22N4O. The third-order valence-corrected chi connectivity index (χ3v) is 3.84. The molecule has 0 bridgehead atoms. The lowest BCUT2D eigenvalue weighted by molar-refractivity contribution is 0.263. The molecule has 3 heterocycles. The highest BCUT2D eigenvalue weighted by Crippen LogP contribution is 2.21. The topological polar surface area (TPSA) is 43.2 Å². The van der Waals surface area contributed by atoms with Gasteiger partial charge < -0.3 is 9.64 Å². The van der Waals surface area contributed by atoms with E-state index in [-0.39, 0.29) is 0 Å². The molecule has 5 nitrogen and oxygen atoms in total. The van der Waals surface area contributed by atoms with Crippen molar-refractivity contribution < 1.29 is 4.74 Å². The number of nitrogens with zero attached hydrogens (tertiary/aromatic N) is 4. The maximum absolute atomic E-state index is 5.82. The fraction of sp³-hybridized carbons (Fsp3) is 0.500. The smallest absolute Gasteiger partial charge is 0.138 e. The summed E-state index contributed by atoms with van der Waals surface area (Å²) in [5.41, 5.74) is 2.10. The van der Waals surface area contributed by atoms with E-state index in [4.69, 9.17) is 4.74 Å². The highest BCUT2D eigenvalue weighted by molar-refractivity contribution is 5.62. The molecule has 0 saturated carbocycles. The van der Waals surface area contributed by atoms with Gasteiger partial charge in [0.15, 0.2) is 0 Å². The monoisotopic (exact) mass is 286 g/mol. The van der Waals surface area contributed by atoms with Crippen molar-refractivity contribution in [2.75, 3.05) is 26.2 Å². The molecule has 2 aromatic rings. The third-order valence-electron chi connectivity index (χ3n) is 3.84. The van der Waals surface area contributed by atoms with Gasteiger partial charge in [-0.15, -0.1) is 0 Å². The van der Waals surface area contributed by atoms with E-state index in [1.54, 1.807) is 10.9 Å². The number of aromatic nitrogens is 3. The molecule has 0 amide bonds. The van der Waals surface area contributed by atoms with Crippen molar-refractivity contribution in [3.8, 4) is 16.9 Å². The second-order valence-corrected chi connectivity index (χ2v) is 5.56. The minimum atomic E-state index is 0.745. The number of likely N-dealkylation sites (tertiary alicyclic amines) is 1. The lowest BCUT2D eigenvalue weighted by Crippen LogP contribution is -2.21. The number of hydrogen-bond acceptors (Lipinski definition) is 4. The number of rotatable bonds is 6. The second-order valence-electron chi connectivity index (χ2n) is 5.56. The molecule has 0 N–H and O–H groups in total. The summed E-state index contributed by atoms with van der Waals surface area (Å²) in [6.45, 7) is 4.38. The van der Waals surface area contributed by atoms with Crippen LogP contribution in [-0.2, 0) is 7.05 Å². The summed E-state index contributed by atoms with van der Waals surface area (Å²) in [7, 11) is 1.91. The number of hydrogen-bond donors (Lipinski definition) is 0. The van der Waals surface area contributed by atoms with Crippen LogP contribution in [0.2, 0.25) is 0 Å². The van der Waals surface area contributed by atoms with Crippen molar-refractivity contribution in [1.82, 2.24) is 19.7 Å². The zero-order chi connectivity index (χ0) is 14.5. The maximum atomic E-state index is 5.82. The van der Waals surface area contributed by atoms with E-state index in [2.05, 4.69) is 15.0 Å². The Morgan fingerprint density at radius 1 is 1.14 bits per heavy atom. The number of pyridine rings is 1. The first-order valence-electron chi connectivity index (χ1n) is 7.60. The van der Waals surface area contributed by atoms with Crippen LogP contribution in [0, 0.1) is 0 Å². The fourth-order valence-corrected chi connectivity index (χ4v) is 2.71. The van der Waals surface area contributed by atoms with Gasteiger partial charge in [0.2, 0.25) is 0 Å². The highest BCUT2D eigenvalue weighted by atomic mass is 16.5. The Bertz CT molecular complexity index is 575. The molecule has 0 aliphatic carbocycles. The van der Waals surface area contributed by atoms with Gasteiger partial charge in [-0.05, 0) is 38.4 Å². The predicted molar refractivity (Wildman–Crippen MR) is 82.2 cm³/mol. The maximum Gasteiger partial charge on any atom is 0.138 e. The predicted octanol–water partition coefficient (Wildman–Crippen LogP) is 2.35. The Labute approximate surface area is 125 Å². The van der Waals surface area contributed by atoms with Crippen LogP contribution in [0.3, 0.4) is 0 Å². The van der Waals surface area contributed by atoms with Gasteiger partial charge in [-0.25, -0.2) is 0 Å². The summed E-state index contributed by atoms with van der Waals surface area (Å²) < 4.78 is 7.61. The van der Waals surface area contributed by atoms with E-state index in [9.17, 15) is 0 Å². The van der Waals surface area contributed by atoms with Gasteiger partial charge in [-0.1, -0.05) is 0 Å². The average Bonchev–Trinajstić information content (AvgIpc) is 3.15. The van der Waals surface area contributed by atoms with E-state index >= 15 is 0 Å². The summed E-state index contributed by atoms with van der Waals surface area (Å²) in [5.74, 6) is 0.831. The Balaban J connectivity index is 1.51. The molecule has 0 atom stereocenters. The van der Waals surface area contributed by atoms with Crippen molar-refractivity contribution in [1.29, 1.82) is 0 Å². The number of ether oxygens (including phenoxy) is 1. The van der Waals surface area contributed by atoms with Gasteiger partial charge in [0, 0.05) is 37.1 Å². The Morgan fingerprint density at radius 2 is 2.00 bits per heavy atom. The molecule has 1 saturated heterocycles. The van der Waals surface area contributed by atoms with Crippen LogP contribution in [0.5, 0.6) is 5.75 Å². The SMILES string of the molecule is Cn1cc(-c2cncc(OCCCN3CCCC3)c2)cn1. The Kier molecular flexibility index (Phi) is 4.50. The first kappa shape index (κ1) is 14.1. The van der Waals surface area contributed by atoms with Gasteiger partial charge in [0.25, 0.3) is 0 Å². The molecule has 0 aromatic carbocycles. The molecule has 0 radical (unpaired) electrons. The molecule has 3 rings (SSSR count). The second kappa shape index (κ2) is 6.72. The van der Waals surface area contributed by atoms with Crippen molar-refractivity contribution in [3.63, 3.8) is 0 Å². The molecule has 0 unspecified atom stereocenters.